The molecule has 7 nitrogen and oxygen atoms in total. The maximum Gasteiger partial charge on any atom is 0.336 e. The van der Waals surface area contributed by atoms with Crippen LogP contribution in [-0.2, 0) is 14.3 Å². The summed E-state index contributed by atoms with van der Waals surface area (Å²) < 4.78 is 22.7. The zero-order valence-electron chi connectivity index (χ0n) is 23.1. The maximum atomic E-state index is 13.9. The first-order valence-corrected chi connectivity index (χ1v) is 13.8. The molecule has 2 aliphatic carbocycles. The summed E-state index contributed by atoms with van der Waals surface area (Å²) in [7, 11) is 3.23. The Bertz CT molecular complexity index is 1290. The maximum absolute atomic E-state index is 13.9. The van der Waals surface area contributed by atoms with Gasteiger partial charge in [-0.25, -0.2) is 4.79 Å². The molecule has 1 heterocycles. The van der Waals surface area contributed by atoms with Crippen molar-refractivity contribution in [3.8, 4) is 17.2 Å². The molecule has 1 N–H and O–H groups in total. The summed E-state index contributed by atoms with van der Waals surface area (Å²) in [6.07, 6.45) is 6.29. The number of ether oxygens (including phenoxy) is 4. The molecule has 0 saturated heterocycles. The van der Waals surface area contributed by atoms with Crippen molar-refractivity contribution in [1.82, 2.24) is 5.32 Å². The number of benzene rings is 2. The lowest BCUT2D eigenvalue weighted by atomic mass is 9.68. The van der Waals surface area contributed by atoms with E-state index in [2.05, 4.69) is 11.4 Å². The van der Waals surface area contributed by atoms with Crippen molar-refractivity contribution in [3.63, 3.8) is 0 Å². The number of fused-ring (bicyclic) bond motifs is 1. The first-order valence-electron chi connectivity index (χ1n) is 13.8. The number of ketones is 1. The Hall–Kier alpha value is -3.74. The van der Waals surface area contributed by atoms with Crippen molar-refractivity contribution in [1.29, 1.82) is 0 Å². The van der Waals surface area contributed by atoms with Gasteiger partial charge in [0.15, 0.2) is 11.5 Å². The molecule has 2 aromatic carbocycles. The first-order chi connectivity index (χ1) is 18.9. The van der Waals surface area contributed by atoms with Gasteiger partial charge in [0, 0.05) is 29.7 Å². The lowest BCUT2D eigenvalue weighted by Crippen LogP contribution is -2.42. The molecule has 1 saturated carbocycles. The number of allylic oxidation sites excluding steroid dienone is 3. The van der Waals surface area contributed by atoms with Crippen LogP contribution in [0.4, 0.5) is 0 Å². The highest BCUT2D eigenvalue weighted by atomic mass is 16.5. The number of carbonyl (C=O) groups excluding carboxylic acids is 2. The number of hydrogen-bond acceptors (Lipinski definition) is 7. The van der Waals surface area contributed by atoms with Gasteiger partial charge in [0.1, 0.15) is 17.6 Å². The summed E-state index contributed by atoms with van der Waals surface area (Å²) in [6.45, 7) is 4.31. The monoisotopic (exact) mass is 531 g/mol. The Morgan fingerprint density at radius 2 is 1.67 bits per heavy atom. The zero-order chi connectivity index (χ0) is 27.5. The van der Waals surface area contributed by atoms with E-state index in [9.17, 15) is 9.59 Å². The average Bonchev–Trinajstić information content (AvgIpc) is 3.45. The molecule has 0 bridgehead atoms. The third kappa shape index (κ3) is 5.40. The van der Waals surface area contributed by atoms with E-state index in [1.165, 1.54) is 0 Å². The Labute approximate surface area is 230 Å². The topological polar surface area (TPSA) is 83.1 Å². The van der Waals surface area contributed by atoms with Crippen molar-refractivity contribution in [3.05, 3.63) is 76.6 Å². The number of carbonyl (C=O) groups is 2. The van der Waals surface area contributed by atoms with E-state index in [1.54, 1.807) is 14.2 Å². The van der Waals surface area contributed by atoms with E-state index in [0.29, 0.717) is 35.8 Å². The Morgan fingerprint density at radius 1 is 0.949 bits per heavy atom. The number of methoxy groups -OCH3 is 2. The molecule has 0 amide bonds. The second-order valence-corrected chi connectivity index (χ2v) is 10.4. The number of rotatable bonds is 8. The molecule has 1 aliphatic heterocycles. The number of hydrogen-bond donors (Lipinski definition) is 1. The van der Waals surface area contributed by atoms with Crippen LogP contribution in [0.3, 0.4) is 0 Å². The summed E-state index contributed by atoms with van der Waals surface area (Å²) in [4.78, 5) is 27.6. The third-order valence-corrected chi connectivity index (χ3v) is 8.05. The molecule has 206 valence electrons. The van der Waals surface area contributed by atoms with Gasteiger partial charge in [-0.1, -0.05) is 24.3 Å². The SMILES string of the molecule is CCOc1ccc(C2C(C(=O)OC3CCCC3)=C(C)NC3=CC(c4ccc(OC)cc4)CC(=O)C32)cc1OC. The summed E-state index contributed by atoms with van der Waals surface area (Å²) in [5.41, 5.74) is 3.90. The summed E-state index contributed by atoms with van der Waals surface area (Å²) >= 11 is 0. The standard InChI is InChI=1S/C32H37NO6/c1-5-38-27-15-12-21(18-28(27)37-4)30-29(32(35)39-24-8-6-7-9-24)19(2)33-25-16-22(17-26(34)31(25)30)20-10-13-23(36-3)14-11-20/h10-16,18,22,24,30-31,33H,5-9,17H2,1-4H3. The van der Waals surface area contributed by atoms with Gasteiger partial charge in [0.2, 0.25) is 0 Å². The molecule has 3 unspecified atom stereocenters. The Morgan fingerprint density at radius 3 is 2.33 bits per heavy atom. The lowest BCUT2D eigenvalue weighted by molar-refractivity contribution is -0.144. The van der Waals surface area contributed by atoms with E-state index in [0.717, 1.165) is 48.3 Å². The Balaban J connectivity index is 1.57. The first kappa shape index (κ1) is 26.9. The molecular weight excluding hydrogens is 494 g/mol. The van der Waals surface area contributed by atoms with Crippen LogP contribution < -0.4 is 19.5 Å². The van der Waals surface area contributed by atoms with Gasteiger partial charge in [-0.3, -0.25) is 4.79 Å². The van der Waals surface area contributed by atoms with Crippen LogP contribution in [0.15, 0.2) is 65.5 Å². The molecule has 0 aromatic heterocycles. The molecule has 0 radical (unpaired) electrons. The summed E-state index contributed by atoms with van der Waals surface area (Å²) in [6, 6.07) is 13.5. The van der Waals surface area contributed by atoms with Gasteiger partial charge in [-0.15, -0.1) is 0 Å². The number of nitrogens with one attached hydrogen (secondary N) is 1. The van der Waals surface area contributed by atoms with Crippen molar-refractivity contribution < 1.29 is 28.5 Å². The molecule has 3 atom stereocenters. The molecule has 5 rings (SSSR count). The van der Waals surface area contributed by atoms with E-state index in [1.807, 2.05) is 56.3 Å². The van der Waals surface area contributed by atoms with Crippen LogP contribution in [0.1, 0.15) is 68.9 Å². The van der Waals surface area contributed by atoms with Crippen LogP contribution in [-0.4, -0.2) is 38.7 Å². The molecule has 3 aliphatic rings. The predicted octanol–water partition coefficient (Wildman–Crippen LogP) is 5.81. The van der Waals surface area contributed by atoms with E-state index in [-0.39, 0.29) is 23.8 Å². The van der Waals surface area contributed by atoms with Crippen molar-refractivity contribution in [2.45, 2.75) is 63.9 Å². The normalized spacial score (nSPS) is 23.0. The van der Waals surface area contributed by atoms with Crippen LogP contribution in [0.2, 0.25) is 0 Å². The Kier molecular flexibility index (Phi) is 7.96. The van der Waals surface area contributed by atoms with Crippen molar-refractivity contribution in [2.24, 2.45) is 5.92 Å². The van der Waals surface area contributed by atoms with E-state index < -0.39 is 11.8 Å². The van der Waals surface area contributed by atoms with Gasteiger partial charge in [0.05, 0.1) is 32.3 Å². The predicted molar refractivity (Wildman–Crippen MR) is 148 cm³/mol. The third-order valence-electron chi connectivity index (χ3n) is 8.05. The fraction of sp³-hybridized carbons (Fsp3) is 0.438. The number of Topliss-reactive ketones (excluding diaryl/α,β-unsaturated/α-hetero) is 1. The highest BCUT2D eigenvalue weighted by Crippen LogP contribution is 2.48. The minimum absolute atomic E-state index is 0.0718. The second kappa shape index (κ2) is 11.6. The van der Waals surface area contributed by atoms with Crippen LogP contribution in [0.25, 0.3) is 0 Å². The molecule has 7 heteroatoms. The van der Waals surface area contributed by atoms with Crippen molar-refractivity contribution in [2.75, 3.05) is 20.8 Å². The summed E-state index contributed by atoms with van der Waals surface area (Å²) in [5.74, 6) is 0.592. The molecule has 2 aromatic rings. The number of esters is 1. The van der Waals surface area contributed by atoms with Gasteiger partial charge >= 0.3 is 5.97 Å². The van der Waals surface area contributed by atoms with Crippen molar-refractivity contribution >= 4 is 11.8 Å². The fourth-order valence-electron chi connectivity index (χ4n) is 6.14. The van der Waals surface area contributed by atoms with E-state index >= 15 is 0 Å². The second-order valence-electron chi connectivity index (χ2n) is 10.4. The zero-order valence-corrected chi connectivity index (χ0v) is 23.1. The van der Waals surface area contributed by atoms with Gasteiger partial charge in [-0.05, 0) is 74.9 Å². The quantitative estimate of drug-likeness (QED) is 0.431. The van der Waals surface area contributed by atoms with Crippen LogP contribution in [0, 0.1) is 5.92 Å². The van der Waals surface area contributed by atoms with Crippen LogP contribution >= 0.6 is 0 Å². The molecule has 1 fully saturated rings. The van der Waals surface area contributed by atoms with Crippen LogP contribution in [0.5, 0.6) is 17.2 Å². The minimum Gasteiger partial charge on any atom is -0.497 e. The highest BCUT2D eigenvalue weighted by molar-refractivity contribution is 5.96. The van der Waals surface area contributed by atoms with Gasteiger partial charge < -0.3 is 24.3 Å². The fourth-order valence-corrected chi connectivity index (χ4v) is 6.14. The molecule has 0 spiro atoms. The summed E-state index contributed by atoms with van der Waals surface area (Å²) in [5, 5.41) is 3.43. The van der Waals surface area contributed by atoms with Gasteiger partial charge in [-0.2, -0.15) is 0 Å². The van der Waals surface area contributed by atoms with E-state index in [4.69, 9.17) is 18.9 Å². The smallest absolute Gasteiger partial charge is 0.336 e. The molecule has 39 heavy (non-hydrogen) atoms. The largest absolute Gasteiger partial charge is 0.497 e. The molecular formula is C32H37NO6. The average molecular weight is 532 g/mol. The lowest BCUT2D eigenvalue weighted by Gasteiger charge is -2.40. The van der Waals surface area contributed by atoms with Gasteiger partial charge in [0.25, 0.3) is 0 Å². The highest BCUT2D eigenvalue weighted by Gasteiger charge is 2.45. The minimum atomic E-state index is -0.531.